The van der Waals surface area contributed by atoms with Crippen molar-refractivity contribution in [2.75, 3.05) is 0 Å². The Bertz CT molecular complexity index is 369. The highest BCUT2D eigenvalue weighted by Gasteiger charge is 2.01. The van der Waals surface area contributed by atoms with Crippen LogP contribution in [0.5, 0.6) is 0 Å². The summed E-state index contributed by atoms with van der Waals surface area (Å²) in [6, 6.07) is 11.9. The lowest BCUT2D eigenvalue weighted by atomic mass is 10.2. The van der Waals surface area contributed by atoms with Gasteiger partial charge in [0.15, 0.2) is 3.77 Å². The van der Waals surface area contributed by atoms with Crippen molar-refractivity contribution in [3.8, 4) is 11.3 Å². The molecule has 0 amide bonds. The molecule has 1 aromatic carbocycles. The van der Waals surface area contributed by atoms with Crippen LogP contribution < -0.4 is 0 Å². The summed E-state index contributed by atoms with van der Waals surface area (Å²) in [7, 11) is 0. The van der Waals surface area contributed by atoms with Gasteiger partial charge in [0, 0.05) is 34.2 Å². The Kier molecular flexibility index (Phi) is 2.12. The number of benzene rings is 1. The first-order chi connectivity index (χ1) is 5.86. The molecule has 60 valence electrons. The first-order valence-corrected chi connectivity index (χ1v) is 4.62. The molecule has 0 aliphatic rings. The van der Waals surface area contributed by atoms with Gasteiger partial charge in [-0.15, -0.1) is 0 Å². The predicted molar refractivity (Wildman–Crippen MR) is 54.7 cm³/mol. The Labute approximate surface area is 83.7 Å². The molecule has 12 heavy (non-hydrogen) atoms. The van der Waals surface area contributed by atoms with Crippen LogP contribution in [0.2, 0.25) is 0 Å². The molecule has 0 atom stereocenters. The summed E-state index contributed by atoms with van der Waals surface area (Å²) in [6.07, 6.45) is 0. The Balaban J connectivity index is 2.45. The molecule has 0 bridgehead atoms. The lowest BCUT2D eigenvalue weighted by Gasteiger charge is -1.90. The molecule has 0 fully saturated rings. The lowest BCUT2D eigenvalue weighted by molar-refractivity contribution is 0.400. The third-order valence-corrected chi connectivity index (χ3v) is 2.06. The van der Waals surface area contributed by atoms with Crippen molar-refractivity contribution in [1.29, 1.82) is 0 Å². The van der Waals surface area contributed by atoms with Crippen molar-refractivity contribution in [3.05, 3.63) is 40.2 Å². The molecule has 2 nitrogen and oxygen atoms in total. The van der Waals surface area contributed by atoms with Crippen molar-refractivity contribution in [2.24, 2.45) is 0 Å². The molecule has 2 aromatic rings. The van der Waals surface area contributed by atoms with E-state index >= 15 is 0 Å². The molecule has 0 N–H and O–H groups in total. The van der Waals surface area contributed by atoms with E-state index in [0.29, 0.717) is 0 Å². The van der Waals surface area contributed by atoms with Gasteiger partial charge in [-0.2, -0.15) is 0 Å². The number of rotatable bonds is 1. The molecule has 0 spiro atoms. The third-order valence-electron chi connectivity index (χ3n) is 1.55. The molecule has 2 rings (SSSR count). The van der Waals surface area contributed by atoms with Crippen LogP contribution in [0.4, 0.5) is 0 Å². The van der Waals surface area contributed by atoms with Gasteiger partial charge in [0.2, 0.25) is 0 Å². The fourth-order valence-electron chi connectivity index (χ4n) is 0.998. The van der Waals surface area contributed by atoms with E-state index in [2.05, 4.69) is 27.7 Å². The summed E-state index contributed by atoms with van der Waals surface area (Å²) < 4.78 is 5.77. The van der Waals surface area contributed by atoms with E-state index in [1.165, 1.54) is 0 Å². The van der Waals surface area contributed by atoms with E-state index in [1.54, 1.807) is 0 Å². The van der Waals surface area contributed by atoms with Crippen molar-refractivity contribution >= 4 is 22.6 Å². The van der Waals surface area contributed by atoms with E-state index < -0.39 is 0 Å². The molecular formula is C9H6INO. The van der Waals surface area contributed by atoms with Crippen LogP contribution in [0.15, 0.2) is 40.9 Å². The first kappa shape index (κ1) is 7.79. The molecule has 1 aromatic heterocycles. The highest BCUT2D eigenvalue weighted by Crippen LogP contribution is 2.18. The van der Waals surface area contributed by atoms with Gasteiger partial charge in [-0.25, -0.2) is 0 Å². The summed E-state index contributed by atoms with van der Waals surface area (Å²) >= 11 is 2.10. The maximum atomic E-state index is 4.96. The first-order valence-electron chi connectivity index (χ1n) is 3.54. The monoisotopic (exact) mass is 267 g/mol. The van der Waals surface area contributed by atoms with Gasteiger partial charge < -0.3 is 4.52 Å². The predicted octanol–water partition coefficient (Wildman–Crippen LogP) is 2.95. The zero-order valence-corrected chi connectivity index (χ0v) is 8.36. The van der Waals surface area contributed by atoms with Crippen molar-refractivity contribution in [1.82, 2.24) is 5.16 Å². The molecule has 0 saturated carbocycles. The second-order valence-electron chi connectivity index (χ2n) is 2.38. The summed E-state index contributed by atoms with van der Waals surface area (Å²) in [5, 5.41) is 3.90. The van der Waals surface area contributed by atoms with Crippen LogP contribution in [0.1, 0.15) is 0 Å². The molecule has 3 heteroatoms. The van der Waals surface area contributed by atoms with Crippen LogP contribution in [0.25, 0.3) is 11.3 Å². The maximum absolute atomic E-state index is 4.96. The summed E-state index contributed by atoms with van der Waals surface area (Å²) in [6.45, 7) is 0. The third kappa shape index (κ3) is 1.50. The molecule has 0 radical (unpaired) electrons. The van der Waals surface area contributed by atoms with Crippen molar-refractivity contribution < 1.29 is 4.52 Å². The average Bonchev–Trinajstić information content (AvgIpc) is 2.54. The Morgan fingerprint density at radius 3 is 2.50 bits per heavy atom. The van der Waals surface area contributed by atoms with Gasteiger partial charge in [0.25, 0.3) is 0 Å². The summed E-state index contributed by atoms with van der Waals surface area (Å²) in [5.74, 6) is 0. The smallest absolute Gasteiger partial charge is 0.196 e. The number of hydrogen-bond acceptors (Lipinski definition) is 2. The fourth-order valence-corrected chi connectivity index (χ4v) is 1.39. The van der Waals surface area contributed by atoms with E-state index in [0.717, 1.165) is 15.0 Å². The number of hydrogen-bond donors (Lipinski definition) is 0. The zero-order valence-electron chi connectivity index (χ0n) is 6.20. The summed E-state index contributed by atoms with van der Waals surface area (Å²) in [5.41, 5.74) is 1.98. The Morgan fingerprint density at radius 2 is 1.92 bits per heavy atom. The second kappa shape index (κ2) is 3.26. The number of aromatic nitrogens is 1. The van der Waals surface area contributed by atoms with Crippen LogP contribution in [0.3, 0.4) is 0 Å². The quantitative estimate of drug-likeness (QED) is 0.742. The van der Waals surface area contributed by atoms with Gasteiger partial charge in [0.05, 0.1) is 0 Å². The topological polar surface area (TPSA) is 26.0 Å². The number of nitrogens with zero attached hydrogens (tertiary/aromatic N) is 1. The normalized spacial score (nSPS) is 10.1. The average molecular weight is 267 g/mol. The number of halogens is 1. The Hall–Kier alpha value is -0.840. The van der Waals surface area contributed by atoms with E-state index in [9.17, 15) is 0 Å². The van der Waals surface area contributed by atoms with Gasteiger partial charge in [0.1, 0.15) is 5.69 Å². The van der Waals surface area contributed by atoms with Gasteiger partial charge in [-0.3, -0.25) is 0 Å². The van der Waals surface area contributed by atoms with Gasteiger partial charge in [-0.05, 0) is 0 Å². The highest BCUT2D eigenvalue weighted by atomic mass is 123. The molecular weight excluding hydrogens is 261 g/mol. The molecule has 0 unspecified atom stereocenters. The SMILES string of the molecule is [123I]c1cc(-c2ccccc2)no1. The minimum atomic E-state index is 0.812. The van der Waals surface area contributed by atoms with Crippen LogP contribution in [-0.4, -0.2) is 5.16 Å². The zero-order chi connectivity index (χ0) is 8.39. The standard InChI is InChI=1S/C9H6INO/c10-9-6-8(11-12-9)7-4-2-1-3-5-7/h1-6H/i10-4. The van der Waals surface area contributed by atoms with Crippen LogP contribution >= 0.6 is 22.6 Å². The van der Waals surface area contributed by atoms with Crippen molar-refractivity contribution in [3.63, 3.8) is 0 Å². The molecule has 0 saturated heterocycles. The fraction of sp³-hybridized carbons (Fsp3) is 0. The van der Waals surface area contributed by atoms with E-state index in [1.807, 2.05) is 36.4 Å². The summed E-state index contributed by atoms with van der Waals surface area (Å²) in [4.78, 5) is 0. The highest BCUT2D eigenvalue weighted by molar-refractivity contribution is 14.1. The van der Waals surface area contributed by atoms with Crippen LogP contribution in [0, 0.1) is 3.77 Å². The molecule has 1 heterocycles. The van der Waals surface area contributed by atoms with Crippen LogP contribution in [-0.2, 0) is 0 Å². The van der Waals surface area contributed by atoms with E-state index in [-0.39, 0.29) is 0 Å². The minimum Gasteiger partial charge on any atom is -0.350 e. The van der Waals surface area contributed by atoms with Gasteiger partial charge in [-0.1, -0.05) is 35.5 Å². The Morgan fingerprint density at radius 1 is 1.17 bits per heavy atom. The maximum Gasteiger partial charge on any atom is 0.196 e. The molecule has 0 aliphatic heterocycles. The lowest BCUT2D eigenvalue weighted by Crippen LogP contribution is -1.73. The van der Waals surface area contributed by atoms with Crippen molar-refractivity contribution in [2.45, 2.75) is 0 Å². The van der Waals surface area contributed by atoms with Gasteiger partial charge >= 0.3 is 0 Å². The largest absolute Gasteiger partial charge is 0.350 e. The minimum absolute atomic E-state index is 0.812. The molecule has 0 aliphatic carbocycles. The van der Waals surface area contributed by atoms with E-state index in [4.69, 9.17) is 4.52 Å². The second-order valence-corrected chi connectivity index (χ2v) is 3.45.